The minimum absolute atomic E-state index is 0.278. The molecule has 5 nitrogen and oxygen atoms in total. The molecule has 0 radical (unpaired) electrons. The van der Waals surface area contributed by atoms with Crippen LogP contribution in [0.5, 0.6) is 0 Å². The minimum Gasteiger partial charge on any atom is -0.455 e. The largest absolute Gasteiger partial charge is 0.455 e. The zero-order valence-electron chi connectivity index (χ0n) is 11.9. The van der Waals surface area contributed by atoms with E-state index in [0.717, 1.165) is 19.3 Å². The van der Waals surface area contributed by atoms with Gasteiger partial charge in [0.15, 0.2) is 0 Å². The maximum Gasteiger partial charge on any atom is 0.333 e. The summed E-state index contributed by atoms with van der Waals surface area (Å²) in [4.78, 5) is 11.9. The smallest absolute Gasteiger partial charge is 0.333 e. The van der Waals surface area contributed by atoms with Crippen LogP contribution in [0.1, 0.15) is 45.4 Å². The lowest BCUT2D eigenvalue weighted by Crippen LogP contribution is -2.67. The number of rotatable bonds is 4. The molecule has 4 saturated carbocycles. The lowest BCUT2D eigenvalue weighted by atomic mass is 9.50. The van der Waals surface area contributed by atoms with E-state index >= 15 is 0 Å². The molecular weight excluding hydrogens is 260 g/mol. The van der Waals surface area contributed by atoms with E-state index in [1.54, 1.807) is 6.92 Å². The van der Waals surface area contributed by atoms with Gasteiger partial charge in [-0.25, -0.2) is 4.79 Å². The highest BCUT2D eigenvalue weighted by Crippen LogP contribution is 2.61. The zero-order chi connectivity index (χ0) is 14.6. The second-order valence-corrected chi connectivity index (χ2v) is 7.04. The number of hydrogen-bond acceptors (Lipinski definition) is 5. The van der Waals surface area contributed by atoms with E-state index in [9.17, 15) is 9.90 Å². The molecule has 2 N–H and O–H groups in total. The Morgan fingerprint density at radius 1 is 1.25 bits per heavy atom. The van der Waals surface area contributed by atoms with Crippen molar-refractivity contribution < 1.29 is 24.5 Å². The molecule has 0 heterocycles. The molecule has 0 amide bonds. The van der Waals surface area contributed by atoms with Crippen molar-refractivity contribution in [3.63, 3.8) is 0 Å². The Hall–Kier alpha value is -0.910. The molecule has 4 aliphatic carbocycles. The van der Waals surface area contributed by atoms with Gasteiger partial charge in [0.25, 0.3) is 0 Å². The second-order valence-electron chi connectivity index (χ2n) is 7.04. The number of carbonyl (C=O) groups excluding carboxylic acids is 1. The van der Waals surface area contributed by atoms with Crippen LogP contribution >= 0.6 is 0 Å². The number of aliphatic hydroxyl groups excluding tert-OH is 1. The van der Waals surface area contributed by atoms with Crippen LogP contribution in [0.25, 0.3) is 0 Å². The molecule has 4 bridgehead atoms. The Morgan fingerprint density at radius 3 is 2.50 bits per heavy atom. The summed E-state index contributed by atoms with van der Waals surface area (Å²) in [5.41, 5.74) is -1.70. The molecule has 4 aliphatic rings. The summed E-state index contributed by atoms with van der Waals surface area (Å²) in [6.45, 7) is 4.87. The van der Waals surface area contributed by atoms with Gasteiger partial charge in [-0.2, -0.15) is 0 Å². The molecule has 0 aromatic heterocycles. The van der Waals surface area contributed by atoms with Crippen LogP contribution in [0.4, 0.5) is 0 Å². The standard InChI is InChI=1S/C15H22O5/c1-10(2)12(17)20-15-5-11-3-13(18,7-15)6-14(4-11,8-15)19-9-16/h11,16,18H,1,3-9H2,2H3. The topological polar surface area (TPSA) is 76.0 Å². The lowest BCUT2D eigenvalue weighted by Gasteiger charge is -2.63. The first kappa shape index (κ1) is 14.0. The van der Waals surface area contributed by atoms with E-state index in [4.69, 9.17) is 14.6 Å². The maximum absolute atomic E-state index is 11.9. The predicted molar refractivity (Wildman–Crippen MR) is 70.7 cm³/mol. The van der Waals surface area contributed by atoms with Gasteiger partial charge in [-0.3, -0.25) is 0 Å². The molecule has 20 heavy (non-hydrogen) atoms. The zero-order valence-corrected chi connectivity index (χ0v) is 11.9. The summed E-state index contributed by atoms with van der Waals surface area (Å²) < 4.78 is 11.2. The van der Waals surface area contributed by atoms with Gasteiger partial charge >= 0.3 is 5.97 Å². The monoisotopic (exact) mass is 282 g/mol. The summed E-state index contributed by atoms with van der Waals surface area (Å²) in [5.74, 6) is -0.129. The fourth-order valence-electron chi connectivity index (χ4n) is 4.91. The van der Waals surface area contributed by atoms with Crippen molar-refractivity contribution in [1.29, 1.82) is 0 Å². The van der Waals surface area contributed by atoms with Gasteiger partial charge in [-0.1, -0.05) is 6.58 Å². The van der Waals surface area contributed by atoms with E-state index in [0.29, 0.717) is 24.8 Å². The first-order valence-corrected chi connectivity index (χ1v) is 7.16. The van der Waals surface area contributed by atoms with Gasteiger partial charge in [0.1, 0.15) is 12.4 Å². The molecule has 4 atom stereocenters. The maximum atomic E-state index is 11.9. The molecule has 4 rings (SSSR count). The SMILES string of the molecule is C=C(C)C(=O)OC12CC3CC(O)(CC(OCO)(C3)C1)C2. The van der Waals surface area contributed by atoms with Crippen LogP contribution < -0.4 is 0 Å². The van der Waals surface area contributed by atoms with Crippen LogP contribution in [0.2, 0.25) is 0 Å². The summed E-state index contributed by atoms with van der Waals surface area (Å²) in [6, 6.07) is 0. The van der Waals surface area contributed by atoms with Crippen LogP contribution in [0.3, 0.4) is 0 Å². The Kier molecular flexibility index (Phi) is 3.01. The average molecular weight is 282 g/mol. The van der Waals surface area contributed by atoms with E-state index in [1.807, 2.05) is 0 Å². The van der Waals surface area contributed by atoms with Crippen molar-refractivity contribution in [3.05, 3.63) is 12.2 Å². The van der Waals surface area contributed by atoms with Crippen LogP contribution in [-0.4, -0.2) is 39.8 Å². The summed E-state index contributed by atoms with van der Waals surface area (Å²) in [5, 5.41) is 19.9. The summed E-state index contributed by atoms with van der Waals surface area (Å²) >= 11 is 0. The number of aliphatic hydroxyl groups is 2. The van der Waals surface area contributed by atoms with Gasteiger partial charge in [0.05, 0.1) is 11.2 Å². The van der Waals surface area contributed by atoms with Gasteiger partial charge in [0.2, 0.25) is 0 Å². The Labute approximate surface area is 118 Å². The number of ether oxygens (including phenoxy) is 2. The second kappa shape index (κ2) is 4.29. The van der Waals surface area contributed by atoms with Crippen LogP contribution in [0.15, 0.2) is 12.2 Å². The van der Waals surface area contributed by atoms with Crippen molar-refractivity contribution in [2.45, 2.75) is 62.3 Å². The molecule has 0 aromatic rings. The van der Waals surface area contributed by atoms with E-state index < -0.39 is 22.8 Å². The van der Waals surface area contributed by atoms with Crippen molar-refractivity contribution in [3.8, 4) is 0 Å². The van der Waals surface area contributed by atoms with Gasteiger partial charge < -0.3 is 19.7 Å². The number of esters is 1. The fourth-order valence-corrected chi connectivity index (χ4v) is 4.91. The highest BCUT2D eigenvalue weighted by atomic mass is 16.6. The van der Waals surface area contributed by atoms with E-state index in [2.05, 4.69) is 6.58 Å². The minimum atomic E-state index is -0.843. The van der Waals surface area contributed by atoms with Crippen molar-refractivity contribution in [1.82, 2.24) is 0 Å². The summed E-state index contributed by atoms with van der Waals surface area (Å²) in [7, 11) is 0. The third-order valence-corrected chi connectivity index (χ3v) is 4.97. The molecule has 4 fully saturated rings. The number of carbonyl (C=O) groups is 1. The van der Waals surface area contributed by atoms with Crippen molar-refractivity contribution >= 4 is 5.97 Å². The fraction of sp³-hybridized carbons (Fsp3) is 0.800. The Balaban J connectivity index is 1.89. The van der Waals surface area contributed by atoms with Crippen LogP contribution in [0, 0.1) is 5.92 Å². The first-order chi connectivity index (χ1) is 9.29. The first-order valence-electron chi connectivity index (χ1n) is 7.16. The van der Waals surface area contributed by atoms with Gasteiger partial charge in [-0.15, -0.1) is 0 Å². The average Bonchev–Trinajstić information content (AvgIpc) is 2.23. The molecule has 112 valence electrons. The lowest BCUT2D eigenvalue weighted by molar-refractivity contribution is -0.283. The van der Waals surface area contributed by atoms with E-state index in [-0.39, 0.29) is 12.7 Å². The summed E-state index contributed by atoms with van der Waals surface area (Å²) in [6.07, 6.45) is 3.86. The molecule has 5 heteroatoms. The quantitative estimate of drug-likeness (QED) is 0.461. The van der Waals surface area contributed by atoms with Crippen LogP contribution in [-0.2, 0) is 14.3 Å². The Morgan fingerprint density at radius 2 is 1.90 bits per heavy atom. The molecule has 0 aliphatic heterocycles. The molecule has 4 unspecified atom stereocenters. The molecule has 0 saturated heterocycles. The molecular formula is C15H22O5. The van der Waals surface area contributed by atoms with E-state index in [1.165, 1.54) is 0 Å². The van der Waals surface area contributed by atoms with Crippen molar-refractivity contribution in [2.75, 3.05) is 6.79 Å². The molecule has 0 aromatic carbocycles. The Bertz CT molecular complexity index is 461. The third kappa shape index (κ3) is 2.18. The number of hydrogen-bond donors (Lipinski definition) is 2. The third-order valence-electron chi connectivity index (χ3n) is 4.97. The van der Waals surface area contributed by atoms with Gasteiger partial charge in [0, 0.05) is 24.8 Å². The molecule has 0 spiro atoms. The highest BCUT2D eigenvalue weighted by molar-refractivity contribution is 5.87. The normalized spacial score (nSPS) is 45.5. The van der Waals surface area contributed by atoms with Gasteiger partial charge in [-0.05, 0) is 32.1 Å². The van der Waals surface area contributed by atoms with Crippen molar-refractivity contribution in [2.24, 2.45) is 5.92 Å². The highest BCUT2D eigenvalue weighted by Gasteiger charge is 2.65. The predicted octanol–water partition coefficient (Wildman–Crippen LogP) is 1.28.